The van der Waals surface area contributed by atoms with Crippen molar-refractivity contribution in [1.82, 2.24) is 0 Å². The summed E-state index contributed by atoms with van der Waals surface area (Å²) in [5.74, 6) is 0. The third-order valence-electron chi connectivity index (χ3n) is 9.18. The van der Waals surface area contributed by atoms with E-state index >= 15 is 0 Å². The molecule has 0 spiro atoms. The highest BCUT2D eigenvalue weighted by atomic mass is 14.4. The minimum absolute atomic E-state index is 0.0395. The molecule has 1 aliphatic carbocycles. The van der Waals surface area contributed by atoms with Gasteiger partial charge in [0.2, 0.25) is 0 Å². The zero-order chi connectivity index (χ0) is 27.8. The van der Waals surface area contributed by atoms with Crippen molar-refractivity contribution >= 4 is 0 Å². The smallest absolute Gasteiger partial charge is 0.0210 e. The molecule has 198 valence electrons. The van der Waals surface area contributed by atoms with Crippen LogP contribution in [-0.4, -0.2) is 0 Å². The fraction of sp³-hybridized carbons (Fsp3) is 0.122. The van der Waals surface area contributed by atoms with Crippen LogP contribution in [0.25, 0.3) is 55.6 Å². The van der Waals surface area contributed by atoms with Crippen LogP contribution in [-0.2, 0) is 5.41 Å². The Morgan fingerprint density at radius 2 is 0.610 bits per heavy atom. The average molecular weight is 527 g/mol. The third kappa shape index (κ3) is 4.14. The second-order valence-corrected chi connectivity index (χ2v) is 11.1. The predicted octanol–water partition coefficient (Wildman–Crippen LogP) is 11.4. The van der Waals surface area contributed by atoms with Crippen molar-refractivity contribution in [2.24, 2.45) is 0 Å². The predicted molar refractivity (Wildman–Crippen MR) is 175 cm³/mol. The van der Waals surface area contributed by atoms with Crippen LogP contribution < -0.4 is 0 Å². The molecule has 0 heteroatoms. The largest absolute Gasteiger partial charge is 0.0642 e. The van der Waals surface area contributed by atoms with Crippen molar-refractivity contribution in [2.75, 3.05) is 0 Å². The van der Waals surface area contributed by atoms with E-state index in [1.807, 2.05) is 0 Å². The van der Waals surface area contributed by atoms with Crippen molar-refractivity contribution in [3.8, 4) is 55.6 Å². The normalized spacial score (nSPS) is 13.0. The van der Waals surface area contributed by atoms with Gasteiger partial charge in [0.1, 0.15) is 0 Å². The molecular weight excluding hydrogens is 492 g/mol. The summed E-state index contributed by atoms with van der Waals surface area (Å²) >= 11 is 0. The zero-order valence-electron chi connectivity index (χ0n) is 23.8. The summed E-state index contributed by atoms with van der Waals surface area (Å²) in [5.41, 5.74) is 15.9. The summed E-state index contributed by atoms with van der Waals surface area (Å²) in [5, 5.41) is 0. The second kappa shape index (κ2) is 10.4. The lowest BCUT2D eigenvalue weighted by molar-refractivity contribution is 0.491. The first-order chi connectivity index (χ1) is 20.2. The van der Waals surface area contributed by atoms with Gasteiger partial charge >= 0.3 is 0 Å². The van der Waals surface area contributed by atoms with E-state index < -0.39 is 0 Å². The molecule has 7 rings (SSSR count). The fourth-order valence-electron chi connectivity index (χ4n) is 7.02. The van der Waals surface area contributed by atoms with Crippen LogP contribution in [0, 0.1) is 0 Å². The Morgan fingerprint density at radius 3 is 0.878 bits per heavy atom. The third-order valence-corrected chi connectivity index (χ3v) is 9.18. The fourth-order valence-corrected chi connectivity index (χ4v) is 7.02. The molecule has 0 aromatic heterocycles. The first-order valence-corrected chi connectivity index (χ1v) is 14.8. The van der Waals surface area contributed by atoms with Crippen LogP contribution >= 0.6 is 0 Å². The van der Waals surface area contributed by atoms with Gasteiger partial charge in [-0.05, 0) is 104 Å². The summed E-state index contributed by atoms with van der Waals surface area (Å²) in [6, 6.07) is 53.5. The lowest BCUT2D eigenvalue weighted by Crippen LogP contribution is -2.23. The van der Waals surface area contributed by atoms with Crippen LogP contribution in [0.1, 0.15) is 37.8 Å². The highest BCUT2D eigenvalue weighted by Gasteiger charge is 2.42. The van der Waals surface area contributed by atoms with Crippen molar-refractivity contribution in [2.45, 2.75) is 32.1 Å². The van der Waals surface area contributed by atoms with Crippen LogP contribution in [0.15, 0.2) is 146 Å². The van der Waals surface area contributed by atoms with E-state index in [2.05, 4.69) is 159 Å². The molecule has 6 aromatic rings. The van der Waals surface area contributed by atoms with Gasteiger partial charge in [-0.25, -0.2) is 0 Å². The van der Waals surface area contributed by atoms with Gasteiger partial charge in [-0.1, -0.05) is 135 Å². The Bertz CT molecular complexity index is 1680. The summed E-state index contributed by atoms with van der Waals surface area (Å²) in [7, 11) is 0. The van der Waals surface area contributed by atoms with Gasteiger partial charge < -0.3 is 0 Å². The quantitative estimate of drug-likeness (QED) is 0.202. The van der Waals surface area contributed by atoms with Gasteiger partial charge in [0, 0.05) is 5.41 Å². The van der Waals surface area contributed by atoms with Crippen molar-refractivity contribution in [3.05, 3.63) is 157 Å². The first-order valence-electron chi connectivity index (χ1n) is 14.8. The summed E-state index contributed by atoms with van der Waals surface area (Å²) in [4.78, 5) is 0. The van der Waals surface area contributed by atoms with Crippen molar-refractivity contribution in [1.29, 1.82) is 0 Å². The summed E-state index contributed by atoms with van der Waals surface area (Å²) < 4.78 is 0. The van der Waals surface area contributed by atoms with Crippen LogP contribution in [0.5, 0.6) is 0 Å². The minimum atomic E-state index is -0.0395. The van der Waals surface area contributed by atoms with E-state index in [0.29, 0.717) is 0 Å². The van der Waals surface area contributed by atoms with E-state index in [9.17, 15) is 0 Å². The van der Waals surface area contributed by atoms with Crippen molar-refractivity contribution in [3.63, 3.8) is 0 Å². The Hall–Kier alpha value is -4.68. The molecule has 0 amide bonds. The van der Waals surface area contributed by atoms with Gasteiger partial charge in [0.15, 0.2) is 0 Å². The van der Waals surface area contributed by atoms with Gasteiger partial charge in [0.05, 0.1) is 0 Å². The molecule has 0 N–H and O–H groups in total. The zero-order valence-corrected chi connectivity index (χ0v) is 23.8. The maximum Gasteiger partial charge on any atom is 0.0210 e. The molecular formula is C41H34. The van der Waals surface area contributed by atoms with E-state index in [1.54, 1.807) is 0 Å². The molecule has 0 unspecified atom stereocenters. The SMILES string of the molecule is CCC1(CC)c2cc(-c3ccccc3)c(-c3ccccc3)cc2-c2cc(-c3ccccc3)c(-c3ccccc3)cc21. The Labute approximate surface area is 244 Å². The molecule has 0 saturated heterocycles. The molecule has 0 nitrogen and oxygen atoms in total. The number of hydrogen-bond donors (Lipinski definition) is 0. The topological polar surface area (TPSA) is 0 Å². The number of benzene rings is 6. The summed E-state index contributed by atoms with van der Waals surface area (Å²) in [6.45, 7) is 4.73. The second-order valence-electron chi connectivity index (χ2n) is 11.1. The van der Waals surface area contributed by atoms with E-state index in [4.69, 9.17) is 0 Å². The van der Waals surface area contributed by atoms with E-state index in [0.717, 1.165) is 12.8 Å². The molecule has 1 aliphatic rings. The Morgan fingerprint density at radius 1 is 0.341 bits per heavy atom. The number of hydrogen-bond acceptors (Lipinski definition) is 0. The van der Waals surface area contributed by atoms with E-state index in [-0.39, 0.29) is 5.41 Å². The Balaban J connectivity index is 1.57. The average Bonchev–Trinajstić information content (AvgIpc) is 3.33. The lowest BCUT2D eigenvalue weighted by Gasteiger charge is -2.31. The van der Waals surface area contributed by atoms with Crippen molar-refractivity contribution < 1.29 is 0 Å². The van der Waals surface area contributed by atoms with Gasteiger partial charge in [-0.3, -0.25) is 0 Å². The molecule has 0 aliphatic heterocycles. The summed E-state index contributed by atoms with van der Waals surface area (Å²) in [6.07, 6.45) is 2.11. The molecule has 0 radical (unpaired) electrons. The monoisotopic (exact) mass is 526 g/mol. The molecule has 0 heterocycles. The maximum absolute atomic E-state index is 2.52. The van der Waals surface area contributed by atoms with Gasteiger partial charge in [-0.2, -0.15) is 0 Å². The molecule has 41 heavy (non-hydrogen) atoms. The molecule has 0 saturated carbocycles. The number of fused-ring (bicyclic) bond motifs is 3. The molecule has 0 atom stereocenters. The first kappa shape index (κ1) is 25.3. The minimum Gasteiger partial charge on any atom is -0.0642 e. The molecule has 0 fully saturated rings. The highest BCUT2D eigenvalue weighted by Crippen LogP contribution is 2.57. The Kier molecular flexibility index (Phi) is 6.40. The molecule has 0 bridgehead atoms. The van der Waals surface area contributed by atoms with Crippen LogP contribution in [0.3, 0.4) is 0 Å². The highest BCUT2D eigenvalue weighted by molar-refractivity contribution is 5.96. The number of rotatable bonds is 6. The lowest BCUT2D eigenvalue weighted by atomic mass is 9.72. The van der Waals surface area contributed by atoms with Crippen LogP contribution in [0.4, 0.5) is 0 Å². The van der Waals surface area contributed by atoms with E-state index in [1.165, 1.54) is 66.8 Å². The molecule has 6 aromatic carbocycles. The van der Waals surface area contributed by atoms with Gasteiger partial charge in [-0.15, -0.1) is 0 Å². The van der Waals surface area contributed by atoms with Crippen LogP contribution in [0.2, 0.25) is 0 Å². The standard InChI is InChI=1S/C41H34/c1-3-41(4-2)39-27-35(31-21-13-7-14-22-31)33(29-17-9-5-10-18-29)25-37(39)38-26-34(30-19-11-6-12-20-30)36(28-40(38)41)32-23-15-8-16-24-32/h5-28H,3-4H2,1-2H3. The maximum atomic E-state index is 2.52. The van der Waals surface area contributed by atoms with Gasteiger partial charge in [0.25, 0.3) is 0 Å².